The van der Waals surface area contributed by atoms with E-state index in [2.05, 4.69) is 22.9 Å². The van der Waals surface area contributed by atoms with E-state index in [1.807, 2.05) is 0 Å². The van der Waals surface area contributed by atoms with Gasteiger partial charge in [0.05, 0.1) is 0 Å². The molecular weight excluding hydrogens is 236 g/mol. The van der Waals surface area contributed by atoms with E-state index in [-0.39, 0.29) is 0 Å². The van der Waals surface area contributed by atoms with Crippen LogP contribution in [0.15, 0.2) is 0 Å². The summed E-state index contributed by atoms with van der Waals surface area (Å²) in [5, 5.41) is 0. The van der Waals surface area contributed by atoms with Crippen molar-refractivity contribution < 1.29 is 0 Å². The first kappa shape index (κ1) is 9.69. The Labute approximate surface area is 96.0 Å². The van der Waals surface area contributed by atoms with Crippen LogP contribution in [0.2, 0.25) is 0 Å². The second-order valence-electron chi connectivity index (χ2n) is 5.93. The van der Waals surface area contributed by atoms with Gasteiger partial charge < -0.3 is 0 Å². The van der Waals surface area contributed by atoms with Gasteiger partial charge in [0, 0.05) is 4.83 Å². The molecule has 1 heteroatoms. The summed E-state index contributed by atoms with van der Waals surface area (Å²) in [5.74, 6) is 5.48. The Kier molecular flexibility index (Phi) is 2.42. The minimum atomic E-state index is 0.817. The van der Waals surface area contributed by atoms with Crippen molar-refractivity contribution in [1.82, 2.24) is 0 Å². The third kappa shape index (κ3) is 1.38. The SMILES string of the molecule is CCC(Br)C1C2CC3CC(C2)CC1C3. The van der Waals surface area contributed by atoms with Gasteiger partial charge in [-0.3, -0.25) is 0 Å². The highest BCUT2D eigenvalue weighted by molar-refractivity contribution is 9.09. The van der Waals surface area contributed by atoms with Gasteiger partial charge in [0.15, 0.2) is 0 Å². The van der Waals surface area contributed by atoms with E-state index in [1.165, 1.54) is 6.42 Å². The van der Waals surface area contributed by atoms with Crippen LogP contribution in [-0.2, 0) is 0 Å². The monoisotopic (exact) mass is 256 g/mol. The fourth-order valence-electron chi connectivity index (χ4n) is 4.83. The van der Waals surface area contributed by atoms with Gasteiger partial charge in [0.2, 0.25) is 0 Å². The molecule has 4 fully saturated rings. The molecule has 0 spiro atoms. The summed E-state index contributed by atoms with van der Waals surface area (Å²) in [6.07, 6.45) is 9.19. The van der Waals surface area contributed by atoms with Crippen molar-refractivity contribution in [2.45, 2.75) is 50.3 Å². The summed E-state index contributed by atoms with van der Waals surface area (Å²) in [6.45, 7) is 2.34. The Morgan fingerprint density at radius 3 is 1.93 bits per heavy atom. The Balaban J connectivity index is 1.81. The molecular formula is C13H21Br. The largest absolute Gasteiger partial charge is 0.0888 e. The maximum atomic E-state index is 3.93. The van der Waals surface area contributed by atoms with Crippen molar-refractivity contribution in [1.29, 1.82) is 0 Å². The molecule has 0 nitrogen and oxygen atoms in total. The van der Waals surface area contributed by atoms with Crippen molar-refractivity contribution in [3.05, 3.63) is 0 Å². The lowest BCUT2D eigenvalue weighted by Gasteiger charge is -2.55. The van der Waals surface area contributed by atoms with Crippen molar-refractivity contribution >= 4 is 15.9 Å². The predicted octanol–water partition coefficient (Wildman–Crippen LogP) is 4.23. The summed E-state index contributed by atoms with van der Waals surface area (Å²) in [7, 11) is 0. The fourth-order valence-corrected chi connectivity index (χ4v) is 5.69. The molecule has 4 rings (SSSR count). The van der Waals surface area contributed by atoms with Crippen molar-refractivity contribution in [3.8, 4) is 0 Å². The van der Waals surface area contributed by atoms with Crippen molar-refractivity contribution in [3.63, 3.8) is 0 Å². The van der Waals surface area contributed by atoms with E-state index in [0.29, 0.717) is 0 Å². The number of hydrogen-bond donors (Lipinski definition) is 0. The maximum absolute atomic E-state index is 3.93. The quantitative estimate of drug-likeness (QED) is 0.649. The standard InChI is InChI=1S/C13H21Br/c1-2-12(14)13-10-4-8-3-9(6-10)7-11(13)5-8/h8-13H,2-7H2,1H3. The smallest absolute Gasteiger partial charge is 0.0176 e. The van der Waals surface area contributed by atoms with E-state index >= 15 is 0 Å². The molecule has 4 aliphatic rings. The zero-order valence-corrected chi connectivity index (χ0v) is 10.7. The first-order chi connectivity index (χ1) is 6.78. The first-order valence-corrected chi connectivity index (χ1v) is 7.33. The van der Waals surface area contributed by atoms with Crippen LogP contribution in [-0.4, -0.2) is 4.83 Å². The van der Waals surface area contributed by atoms with Crippen LogP contribution in [0.5, 0.6) is 0 Å². The molecule has 0 amide bonds. The number of halogens is 1. The minimum Gasteiger partial charge on any atom is -0.0888 e. The Morgan fingerprint density at radius 2 is 1.50 bits per heavy atom. The van der Waals surface area contributed by atoms with Gasteiger partial charge in [-0.2, -0.15) is 0 Å². The second-order valence-corrected chi connectivity index (χ2v) is 7.11. The van der Waals surface area contributed by atoms with Crippen LogP contribution in [0.4, 0.5) is 0 Å². The van der Waals surface area contributed by atoms with E-state index in [9.17, 15) is 0 Å². The van der Waals surface area contributed by atoms with Gasteiger partial charge in [-0.1, -0.05) is 22.9 Å². The van der Waals surface area contributed by atoms with Crippen molar-refractivity contribution in [2.75, 3.05) is 0 Å². The summed E-state index contributed by atoms with van der Waals surface area (Å²) in [4.78, 5) is 0.817. The molecule has 0 aromatic rings. The number of alkyl halides is 1. The van der Waals surface area contributed by atoms with Crippen LogP contribution < -0.4 is 0 Å². The molecule has 0 aliphatic heterocycles. The Hall–Kier alpha value is 0.480. The van der Waals surface area contributed by atoms with Crippen LogP contribution >= 0.6 is 15.9 Å². The van der Waals surface area contributed by atoms with Gasteiger partial charge in [-0.25, -0.2) is 0 Å². The molecule has 1 unspecified atom stereocenters. The number of hydrogen-bond acceptors (Lipinski definition) is 0. The summed E-state index contributed by atoms with van der Waals surface area (Å²) < 4.78 is 0. The highest BCUT2D eigenvalue weighted by Crippen LogP contribution is 2.58. The molecule has 0 N–H and O–H groups in total. The fraction of sp³-hybridized carbons (Fsp3) is 1.00. The molecule has 0 aromatic carbocycles. The highest BCUT2D eigenvalue weighted by Gasteiger charge is 2.49. The zero-order valence-electron chi connectivity index (χ0n) is 9.08. The summed E-state index contributed by atoms with van der Waals surface area (Å²) in [6, 6.07) is 0. The minimum absolute atomic E-state index is 0.817. The lowest BCUT2D eigenvalue weighted by Crippen LogP contribution is -2.47. The molecule has 4 bridgehead atoms. The molecule has 0 heterocycles. The molecule has 80 valence electrons. The average molecular weight is 257 g/mol. The van der Waals surface area contributed by atoms with Gasteiger partial charge in [-0.05, 0) is 68.1 Å². The molecule has 4 saturated carbocycles. The van der Waals surface area contributed by atoms with Gasteiger partial charge in [-0.15, -0.1) is 0 Å². The van der Waals surface area contributed by atoms with Crippen LogP contribution in [0.3, 0.4) is 0 Å². The molecule has 1 atom stereocenters. The number of rotatable bonds is 2. The van der Waals surface area contributed by atoms with Crippen molar-refractivity contribution in [2.24, 2.45) is 29.6 Å². The van der Waals surface area contributed by atoms with E-state index < -0.39 is 0 Å². The van der Waals surface area contributed by atoms with Gasteiger partial charge >= 0.3 is 0 Å². The van der Waals surface area contributed by atoms with Gasteiger partial charge in [0.1, 0.15) is 0 Å². The summed E-state index contributed by atoms with van der Waals surface area (Å²) >= 11 is 3.93. The highest BCUT2D eigenvalue weighted by atomic mass is 79.9. The van der Waals surface area contributed by atoms with E-state index in [4.69, 9.17) is 0 Å². The van der Waals surface area contributed by atoms with Gasteiger partial charge in [0.25, 0.3) is 0 Å². The van der Waals surface area contributed by atoms with E-state index in [1.54, 1.807) is 32.1 Å². The lowest BCUT2D eigenvalue weighted by molar-refractivity contribution is -0.0363. The normalized spacial score (nSPS) is 52.3. The maximum Gasteiger partial charge on any atom is 0.0176 e. The lowest BCUT2D eigenvalue weighted by atomic mass is 9.51. The summed E-state index contributed by atoms with van der Waals surface area (Å²) in [5.41, 5.74) is 0. The molecule has 4 aliphatic carbocycles. The van der Waals surface area contributed by atoms with Crippen LogP contribution in [0.25, 0.3) is 0 Å². The Bertz CT molecular complexity index is 195. The third-order valence-corrected chi connectivity index (χ3v) is 6.37. The Morgan fingerprint density at radius 1 is 1.00 bits per heavy atom. The molecule has 0 radical (unpaired) electrons. The van der Waals surface area contributed by atoms with E-state index in [0.717, 1.165) is 34.4 Å². The topological polar surface area (TPSA) is 0 Å². The van der Waals surface area contributed by atoms with Crippen LogP contribution in [0.1, 0.15) is 45.4 Å². The molecule has 14 heavy (non-hydrogen) atoms. The molecule has 0 saturated heterocycles. The molecule has 0 aromatic heterocycles. The predicted molar refractivity (Wildman–Crippen MR) is 63.5 cm³/mol. The second kappa shape index (κ2) is 3.50. The first-order valence-electron chi connectivity index (χ1n) is 6.42. The average Bonchev–Trinajstić information content (AvgIpc) is 2.15. The third-order valence-electron chi connectivity index (χ3n) is 5.11. The van der Waals surface area contributed by atoms with Crippen LogP contribution in [0, 0.1) is 29.6 Å². The zero-order chi connectivity index (χ0) is 9.71.